The first-order valence-electron chi connectivity index (χ1n) is 5.86. The van der Waals surface area contributed by atoms with Crippen molar-refractivity contribution < 1.29 is 24.2 Å². The summed E-state index contributed by atoms with van der Waals surface area (Å²) in [7, 11) is 1.46. The molecule has 0 radical (unpaired) electrons. The highest BCUT2D eigenvalue weighted by atomic mass is 16.6. The van der Waals surface area contributed by atoms with Crippen LogP contribution in [0.1, 0.15) is 30.1 Å². The molecule has 1 atom stereocenters. The summed E-state index contributed by atoms with van der Waals surface area (Å²) >= 11 is 0. The van der Waals surface area contributed by atoms with Crippen LogP contribution in [0.3, 0.4) is 0 Å². The fraction of sp³-hybridized carbons (Fsp3) is 0.385. The predicted molar refractivity (Wildman–Crippen MR) is 69.2 cm³/mol. The highest BCUT2D eigenvalue weighted by Gasteiger charge is 2.23. The predicted octanol–water partition coefficient (Wildman–Crippen LogP) is 1.69. The lowest BCUT2D eigenvalue weighted by molar-refractivity contribution is -0.147. The molecule has 0 amide bonds. The Bertz CT molecular complexity index is 472. The van der Waals surface area contributed by atoms with Crippen molar-refractivity contribution in [3.8, 4) is 5.75 Å². The molecule has 0 saturated carbocycles. The number of carbonyl (C=O) groups excluding carboxylic acids is 1. The van der Waals surface area contributed by atoms with Crippen LogP contribution in [0.4, 0.5) is 5.69 Å². The van der Waals surface area contributed by atoms with Crippen LogP contribution >= 0.6 is 0 Å². The number of nitrogen functional groups attached to an aromatic ring is 1. The zero-order valence-electron chi connectivity index (χ0n) is 10.9. The summed E-state index contributed by atoms with van der Waals surface area (Å²) in [6, 6.07) is 4.53. The molecule has 0 heterocycles. The van der Waals surface area contributed by atoms with Crippen LogP contribution in [-0.2, 0) is 9.53 Å². The first kappa shape index (κ1) is 14.8. The number of ether oxygens (including phenoxy) is 2. The van der Waals surface area contributed by atoms with Gasteiger partial charge in [-0.2, -0.15) is 0 Å². The van der Waals surface area contributed by atoms with Gasteiger partial charge in [-0.3, -0.25) is 0 Å². The monoisotopic (exact) mass is 267 g/mol. The Hall–Kier alpha value is -2.24. The van der Waals surface area contributed by atoms with Gasteiger partial charge in [-0.25, -0.2) is 9.59 Å². The molecule has 0 aliphatic rings. The third-order valence-corrected chi connectivity index (χ3v) is 2.56. The molecule has 1 rings (SSSR count). The minimum atomic E-state index is -1.17. The number of carboxylic acids is 1. The summed E-state index contributed by atoms with van der Waals surface area (Å²) in [6.07, 6.45) is -0.314. The van der Waals surface area contributed by atoms with Crippen LogP contribution in [-0.4, -0.2) is 30.3 Å². The number of aliphatic carboxylic acids is 1. The quantitative estimate of drug-likeness (QED) is 0.601. The van der Waals surface area contributed by atoms with Crippen LogP contribution in [0.25, 0.3) is 0 Å². The number of rotatable bonds is 6. The maximum atomic E-state index is 11.9. The van der Waals surface area contributed by atoms with Gasteiger partial charge in [0.1, 0.15) is 5.75 Å². The lowest BCUT2D eigenvalue weighted by Gasteiger charge is -2.14. The van der Waals surface area contributed by atoms with E-state index in [0.717, 1.165) is 0 Å². The van der Waals surface area contributed by atoms with E-state index in [2.05, 4.69) is 0 Å². The second-order valence-electron chi connectivity index (χ2n) is 3.97. The molecule has 1 aromatic rings. The van der Waals surface area contributed by atoms with Crippen molar-refractivity contribution in [2.75, 3.05) is 12.8 Å². The third kappa shape index (κ3) is 3.87. The molecule has 0 aliphatic carbocycles. The molecule has 104 valence electrons. The van der Waals surface area contributed by atoms with Gasteiger partial charge in [-0.15, -0.1) is 0 Å². The van der Waals surface area contributed by atoms with Crippen LogP contribution in [0.2, 0.25) is 0 Å². The summed E-state index contributed by atoms with van der Waals surface area (Å²) in [5.41, 5.74) is 5.98. The molecule has 6 heteroatoms. The van der Waals surface area contributed by atoms with Gasteiger partial charge in [0, 0.05) is 5.69 Å². The van der Waals surface area contributed by atoms with Crippen LogP contribution < -0.4 is 10.5 Å². The number of carbonyl (C=O) groups is 2. The van der Waals surface area contributed by atoms with Crippen LogP contribution in [0.5, 0.6) is 5.75 Å². The molecule has 0 aromatic heterocycles. The molecule has 6 nitrogen and oxygen atoms in total. The molecule has 1 aromatic carbocycles. The van der Waals surface area contributed by atoms with Crippen molar-refractivity contribution in [2.24, 2.45) is 0 Å². The van der Waals surface area contributed by atoms with Gasteiger partial charge >= 0.3 is 11.9 Å². The van der Waals surface area contributed by atoms with Crippen molar-refractivity contribution in [2.45, 2.75) is 25.9 Å². The highest BCUT2D eigenvalue weighted by Crippen LogP contribution is 2.21. The maximum Gasteiger partial charge on any atom is 0.345 e. The fourth-order valence-corrected chi connectivity index (χ4v) is 1.53. The average Bonchev–Trinajstić information content (AvgIpc) is 2.38. The fourth-order valence-electron chi connectivity index (χ4n) is 1.53. The van der Waals surface area contributed by atoms with Crippen molar-refractivity contribution in [3.05, 3.63) is 23.8 Å². The van der Waals surface area contributed by atoms with Crippen molar-refractivity contribution in [1.82, 2.24) is 0 Å². The molecule has 0 saturated heterocycles. The van der Waals surface area contributed by atoms with E-state index in [4.69, 9.17) is 20.3 Å². The van der Waals surface area contributed by atoms with E-state index in [-0.39, 0.29) is 17.7 Å². The summed E-state index contributed by atoms with van der Waals surface area (Å²) in [5, 5.41) is 8.94. The lowest BCUT2D eigenvalue weighted by Crippen LogP contribution is -2.27. The summed E-state index contributed by atoms with van der Waals surface area (Å²) in [6.45, 7) is 1.81. The molecule has 1 unspecified atom stereocenters. The largest absolute Gasteiger partial charge is 0.497 e. The molecule has 3 N–H and O–H groups in total. The maximum absolute atomic E-state index is 11.9. The molecular weight excluding hydrogens is 250 g/mol. The number of hydrogen-bond acceptors (Lipinski definition) is 5. The van der Waals surface area contributed by atoms with Gasteiger partial charge in [0.25, 0.3) is 0 Å². The van der Waals surface area contributed by atoms with Gasteiger partial charge in [-0.05, 0) is 24.6 Å². The summed E-state index contributed by atoms with van der Waals surface area (Å²) in [5.74, 6) is -1.49. The van der Waals surface area contributed by atoms with Gasteiger partial charge in [0.15, 0.2) is 6.10 Å². The smallest absolute Gasteiger partial charge is 0.345 e. The molecule has 0 fully saturated rings. The third-order valence-electron chi connectivity index (χ3n) is 2.56. The molecule has 0 spiro atoms. The standard InChI is InChI=1S/C13H17NO5/c1-3-4-11(12(15)16)19-13(17)9-7-8(18-2)5-6-10(9)14/h5-7,11H,3-4,14H2,1-2H3,(H,15,16). The summed E-state index contributed by atoms with van der Waals surface area (Å²) in [4.78, 5) is 22.8. The summed E-state index contributed by atoms with van der Waals surface area (Å²) < 4.78 is 9.92. The van der Waals surface area contributed by atoms with E-state index in [9.17, 15) is 9.59 Å². The highest BCUT2D eigenvalue weighted by molar-refractivity contribution is 5.96. The second kappa shape index (κ2) is 6.63. The molecular formula is C13H17NO5. The van der Waals surface area contributed by atoms with Gasteiger partial charge in [0.2, 0.25) is 0 Å². The number of methoxy groups -OCH3 is 1. The molecule has 0 aliphatic heterocycles. The van der Waals surface area contributed by atoms with E-state index in [0.29, 0.717) is 12.2 Å². The van der Waals surface area contributed by atoms with Gasteiger partial charge in [0.05, 0.1) is 12.7 Å². The van der Waals surface area contributed by atoms with E-state index in [1.165, 1.54) is 19.2 Å². The Balaban J connectivity index is 2.90. The Morgan fingerprint density at radius 3 is 2.63 bits per heavy atom. The van der Waals surface area contributed by atoms with Gasteiger partial charge in [-0.1, -0.05) is 13.3 Å². The Morgan fingerprint density at radius 1 is 1.42 bits per heavy atom. The van der Waals surface area contributed by atoms with E-state index in [1.807, 2.05) is 6.92 Å². The van der Waals surface area contributed by atoms with E-state index < -0.39 is 18.0 Å². The first-order valence-corrected chi connectivity index (χ1v) is 5.86. The minimum absolute atomic E-state index is 0.0988. The van der Waals surface area contributed by atoms with E-state index in [1.54, 1.807) is 6.07 Å². The number of benzene rings is 1. The van der Waals surface area contributed by atoms with Gasteiger partial charge < -0.3 is 20.3 Å². The Morgan fingerprint density at radius 2 is 2.11 bits per heavy atom. The number of nitrogens with two attached hydrogens (primary N) is 1. The normalized spacial score (nSPS) is 11.7. The molecule has 0 bridgehead atoms. The minimum Gasteiger partial charge on any atom is -0.497 e. The molecule has 19 heavy (non-hydrogen) atoms. The zero-order chi connectivity index (χ0) is 14.4. The number of hydrogen-bond donors (Lipinski definition) is 2. The van der Waals surface area contributed by atoms with Crippen molar-refractivity contribution in [1.29, 1.82) is 0 Å². The SMILES string of the molecule is CCCC(OC(=O)c1cc(OC)ccc1N)C(=O)O. The second-order valence-corrected chi connectivity index (χ2v) is 3.97. The van der Waals surface area contributed by atoms with Crippen LogP contribution in [0.15, 0.2) is 18.2 Å². The first-order chi connectivity index (χ1) is 8.99. The average molecular weight is 267 g/mol. The van der Waals surface area contributed by atoms with Crippen LogP contribution in [0, 0.1) is 0 Å². The van der Waals surface area contributed by atoms with Crippen molar-refractivity contribution in [3.63, 3.8) is 0 Å². The van der Waals surface area contributed by atoms with E-state index >= 15 is 0 Å². The zero-order valence-corrected chi connectivity index (χ0v) is 10.9. The number of anilines is 1. The topological polar surface area (TPSA) is 98.9 Å². The lowest BCUT2D eigenvalue weighted by atomic mass is 10.1. The number of carboxylic acid groups (broad SMARTS) is 1. The Kier molecular flexibility index (Phi) is 5.17. The Labute approximate surface area is 111 Å². The van der Waals surface area contributed by atoms with Crippen molar-refractivity contribution >= 4 is 17.6 Å². The number of esters is 1.